The fourth-order valence-corrected chi connectivity index (χ4v) is 5.04. The van der Waals surface area contributed by atoms with Gasteiger partial charge in [-0.1, -0.05) is 37.3 Å². The molecule has 0 aromatic heterocycles. The number of fused-ring (bicyclic) bond motifs is 1. The third kappa shape index (κ3) is 3.74. The second-order valence-electron chi connectivity index (χ2n) is 8.28. The lowest BCUT2D eigenvalue weighted by molar-refractivity contribution is -0.149. The monoisotopic (exact) mass is 401 g/mol. The molecule has 3 amide bonds. The summed E-state index contributed by atoms with van der Waals surface area (Å²) in [5.74, 6) is -0.496. The molecule has 1 aromatic carbocycles. The van der Waals surface area contributed by atoms with Gasteiger partial charge in [-0.3, -0.25) is 14.4 Å². The van der Waals surface area contributed by atoms with E-state index in [-0.39, 0.29) is 42.3 Å². The van der Waals surface area contributed by atoms with Crippen LogP contribution in [0.1, 0.15) is 44.2 Å². The van der Waals surface area contributed by atoms with Gasteiger partial charge in [-0.2, -0.15) is 0 Å². The minimum atomic E-state index is -0.839. The van der Waals surface area contributed by atoms with Gasteiger partial charge in [0.05, 0.1) is 24.5 Å². The number of rotatable bonds is 3. The van der Waals surface area contributed by atoms with Crippen LogP contribution in [0.2, 0.25) is 0 Å². The van der Waals surface area contributed by atoms with Crippen LogP contribution in [0.25, 0.3) is 0 Å². The molecule has 3 saturated heterocycles. The maximum Gasteiger partial charge on any atom is 0.243 e. The quantitative estimate of drug-likeness (QED) is 0.780. The van der Waals surface area contributed by atoms with Crippen LogP contribution < -0.4 is 0 Å². The van der Waals surface area contributed by atoms with Gasteiger partial charge in [0.25, 0.3) is 0 Å². The van der Waals surface area contributed by atoms with Crippen molar-refractivity contribution in [2.75, 3.05) is 26.2 Å². The van der Waals surface area contributed by atoms with Crippen LogP contribution in [0, 0.1) is 5.92 Å². The number of hydrogen-bond acceptors (Lipinski definition) is 3. The molecule has 0 spiro atoms. The number of carbonyl (C=O) groups excluding carboxylic acids is 3. The van der Waals surface area contributed by atoms with Crippen LogP contribution in [0.5, 0.6) is 0 Å². The highest BCUT2D eigenvalue weighted by atomic mass is 19.1. The number of piperazine rings is 1. The molecule has 156 valence electrons. The van der Waals surface area contributed by atoms with E-state index in [1.165, 1.54) is 0 Å². The van der Waals surface area contributed by atoms with Crippen molar-refractivity contribution in [2.24, 2.45) is 5.92 Å². The topological polar surface area (TPSA) is 60.9 Å². The summed E-state index contributed by atoms with van der Waals surface area (Å²) in [6.07, 6.45) is 0.808. The fraction of sp³-hybridized carbons (Fsp3) is 0.591. The molecular weight excluding hydrogens is 373 g/mol. The second kappa shape index (κ2) is 8.13. The Balaban J connectivity index is 1.62. The van der Waals surface area contributed by atoms with Crippen molar-refractivity contribution in [3.8, 4) is 0 Å². The summed E-state index contributed by atoms with van der Waals surface area (Å²) in [7, 11) is 0. The van der Waals surface area contributed by atoms with E-state index in [0.29, 0.717) is 45.3 Å². The van der Waals surface area contributed by atoms with E-state index in [2.05, 4.69) is 0 Å². The summed E-state index contributed by atoms with van der Waals surface area (Å²) in [5, 5.41) is 0. The number of likely N-dealkylation sites (tertiary alicyclic amines) is 1. The highest BCUT2D eigenvalue weighted by Crippen LogP contribution is 2.44. The smallest absolute Gasteiger partial charge is 0.243 e. The van der Waals surface area contributed by atoms with E-state index in [4.69, 9.17) is 0 Å². The Kier molecular flexibility index (Phi) is 5.56. The van der Waals surface area contributed by atoms with E-state index >= 15 is 0 Å². The van der Waals surface area contributed by atoms with Crippen molar-refractivity contribution in [1.82, 2.24) is 14.7 Å². The lowest BCUT2D eigenvalue weighted by atomic mass is 9.91. The first-order chi connectivity index (χ1) is 14.0. The average molecular weight is 401 g/mol. The molecule has 1 aromatic rings. The van der Waals surface area contributed by atoms with E-state index in [9.17, 15) is 18.8 Å². The predicted octanol–water partition coefficient (Wildman–Crippen LogP) is 2.16. The van der Waals surface area contributed by atoms with E-state index in [1.807, 2.05) is 35.2 Å². The predicted molar refractivity (Wildman–Crippen MR) is 106 cm³/mol. The largest absolute Gasteiger partial charge is 0.342 e. The molecule has 4 rings (SSSR count). The highest BCUT2D eigenvalue weighted by molar-refractivity contribution is 5.88. The zero-order valence-corrected chi connectivity index (χ0v) is 16.8. The van der Waals surface area contributed by atoms with Crippen LogP contribution in [0.4, 0.5) is 4.39 Å². The molecule has 3 atom stereocenters. The molecule has 7 heteroatoms. The Morgan fingerprint density at radius 2 is 1.79 bits per heavy atom. The Morgan fingerprint density at radius 1 is 1.10 bits per heavy atom. The first kappa shape index (κ1) is 19.9. The number of carbonyl (C=O) groups is 3. The van der Waals surface area contributed by atoms with Crippen LogP contribution >= 0.6 is 0 Å². The number of benzene rings is 1. The number of piperidine rings is 1. The van der Waals surface area contributed by atoms with Crippen molar-refractivity contribution >= 4 is 17.7 Å². The van der Waals surface area contributed by atoms with Gasteiger partial charge >= 0.3 is 0 Å². The molecule has 3 aliphatic rings. The third-order valence-corrected chi connectivity index (χ3v) is 6.50. The molecule has 0 radical (unpaired) electrons. The third-order valence-electron chi connectivity index (χ3n) is 6.50. The van der Waals surface area contributed by atoms with Gasteiger partial charge in [-0.15, -0.1) is 0 Å². The molecule has 0 N–H and O–H groups in total. The lowest BCUT2D eigenvalue weighted by Crippen LogP contribution is -2.55. The molecule has 29 heavy (non-hydrogen) atoms. The van der Waals surface area contributed by atoms with Crippen LogP contribution in [0.3, 0.4) is 0 Å². The number of alkyl halides is 1. The Morgan fingerprint density at radius 3 is 2.45 bits per heavy atom. The van der Waals surface area contributed by atoms with Crippen molar-refractivity contribution < 1.29 is 18.8 Å². The zero-order valence-electron chi connectivity index (χ0n) is 16.8. The highest BCUT2D eigenvalue weighted by Gasteiger charge is 2.51. The molecule has 0 aliphatic carbocycles. The molecule has 6 nitrogen and oxygen atoms in total. The van der Waals surface area contributed by atoms with Gasteiger partial charge in [-0.05, 0) is 24.8 Å². The Bertz CT molecular complexity index is 779. The van der Waals surface area contributed by atoms with E-state index in [1.54, 1.807) is 16.7 Å². The summed E-state index contributed by atoms with van der Waals surface area (Å²) < 4.78 is 13.6. The van der Waals surface area contributed by atoms with Crippen molar-refractivity contribution in [2.45, 2.75) is 50.9 Å². The molecular formula is C22H28FN3O3. The van der Waals surface area contributed by atoms with E-state index in [0.717, 1.165) is 5.56 Å². The van der Waals surface area contributed by atoms with E-state index < -0.39 is 6.17 Å². The maximum atomic E-state index is 13.6. The molecule has 0 bridgehead atoms. The summed E-state index contributed by atoms with van der Waals surface area (Å²) in [6.45, 7) is 3.19. The SMILES string of the molecule is CCC(=O)N1CC(=O)N2[C@@H](C[C@H](C(=O)N3CCC(F)CC3)[C@@H]2c2ccccc2)C1. The normalized spacial score (nSPS) is 27.9. The minimum Gasteiger partial charge on any atom is -0.342 e. The number of halogens is 1. The summed E-state index contributed by atoms with van der Waals surface area (Å²) in [5.41, 5.74) is 0.942. The summed E-state index contributed by atoms with van der Waals surface area (Å²) >= 11 is 0. The molecule has 0 unspecified atom stereocenters. The van der Waals surface area contributed by atoms with Gasteiger partial charge in [0, 0.05) is 26.1 Å². The average Bonchev–Trinajstić information content (AvgIpc) is 3.14. The number of hydrogen-bond donors (Lipinski definition) is 0. The first-order valence-corrected chi connectivity index (χ1v) is 10.6. The lowest BCUT2D eigenvalue weighted by Gasteiger charge is -2.40. The Labute approximate surface area is 170 Å². The molecule has 3 aliphatic heterocycles. The molecule has 0 saturated carbocycles. The van der Waals surface area contributed by atoms with Gasteiger partial charge in [-0.25, -0.2) is 4.39 Å². The molecule has 3 heterocycles. The standard InChI is InChI=1S/C22H28FN3O3/c1-2-19(27)25-13-17-12-18(22(29)24-10-8-16(23)9-11-24)21(26(17)20(28)14-25)15-6-4-3-5-7-15/h3-7,16-18,21H,2,8-14H2,1H3/t17-,18-,21-/m0/s1. The fourth-order valence-electron chi connectivity index (χ4n) is 5.04. The van der Waals surface area contributed by atoms with Crippen molar-refractivity contribution in [1.29, 1.82) is 0 Å². The van der Waals surface area contributed by atoms with Crippen molar-refractivity contribution in [3.63, 3.8) is 0 Å². The van der Waals surface area contributed by atoms with Gasteiger partial charge in [0.15, 0.2) is 0 Å². The maximum absolute atomic E-state index is 13.6. The van der Waals surface area contributed by atoms with Crippen molar-refractivity contribution in [3.05, 3.63) is 35.9 Å². The zero-order chi connectivity index (χ0) is 20.5. The molecule has 3 fully saturated rings. The second-order valence-corrected chi connectivity index (χ2v) is 8.28. The van der Waals surface area contributed by atoms with Gasteiger partial charge in [0.1, 0.15) is 6.17 Å². The van der Waals surface area contributed by atoms with Crippen LogP contribution in [-0.2, 0) is 14.4 Å². The number of nitrogens with zero attached hydrogens (tertiary/aromatic N) is 3. The minimum absolute atomic E-state index is 0.00122. The van der Waals surface area contributed by atoms with Crippen LogP contribution in [0.15, 0.2) is 30.3 Å². The Hall–Kier alpha value is -2.44. The van der Waals surface area contributed by atoms with Crippen LogP contribution in [-0.4, -0.2) is 70.8 Å². The summed E-state index contributed by atoms with van der Waals surface area (Å²) in [6, 6.07) is 9.17. The van der Waals surface area contributed by atoms with Gasteiger partial charge in [0.2, 0.25) is 17.7 Å². The number of amides is 3. The van der Waals surface area contributed by atoms with Gasteiger partial charge < -0.3 is 14.7 Å². The first-order valence-electron chi connectivity index (χ1n) is 10.6. The summed E-state index contributed by atoms with van der Waals surface area (Å²) in [4.78, 5) is 43.8.